The number of allylic oxidation sites excluding steroid dienone is 9. The van der Waals surface area contributed by atoms with Gasteiger partial charge in [-0.3, -0.25) is 9.59 Å². The minimum Gasteiger partial charge on any atom is -0.462 e. The standard InChI is InChI=1S/C36H60O6/c1-4-32(3)26-22-18-16-17-21-25-29-36(40)42-34(30-37)31-41-35(39)28-24-20-15-13-11-9-7-6-8-10-12-14-19-23-27-33(38)5-2/h7-10,13-15,19,23,27,32-34,37-38H,4-6,11-12,16-18,20-22,24-26,28-31H2,1-3H3/b9-7-,10-8-,15-13-,19-14-,27-23+/t32?,33-,34-/m0/s1. The number of carbonyl (C=O) groups excluding carboxylic acids is 2. The van der Waals surface area contributed by atoms with E-state index in [0.717, 1.165) is 57.3 Å². The molecule has 0 aromatic heterocycles. The van der Waals surface area contributed by atoms with Crippen molar-refractivity contribution in [1.82, 2.24) is 0 Å². The predicted octanol–water partition coefficient (Wildman–Crippen LogP) is 8.49. The van der Waals surface area contributed by atoms with Crippen molar-refractivity contribution in [2.45, 2.75) is 136 Å². The van der Waals surface area contributed by atoms with Gasteiger partial charge in [-0.05, 0) is 50.9 Å². The average molecular weight is 589 g/mol. The first-order chi connectivity index (χ1) is 20.4. The molecule has 1 unspecified atom stereocenters. The number of hydrogen-bond donors (Lipinski definition) is 2. The van der Waals surface area contributed by atoms with E-state index in [4.69, 9.17) is 9.47 Å². The molecule has 0 aliphatic carbocycles. The molecule has 0 saturated heterocycles. The first-order valence-corrected chi connectivity index (χ1v) is 16.3. The third kappa shape index (κ3) is 27.7. The van der Waals surface area contributed by atoms with Gasteiger partial charge < -0.3 is 19.7 Å². The maximum absolute atomic E-state index is 12.1. The molecule has 0 saturated carbocycles. The summed E-state index contributed by atoms with van der Waals surface area (Å²) in [6.45, 7) is 6.02. The monoisotopic (exact) mass is 588 g/mol. The average Bonchev–Trinajstić information content (AvgIpc) is 2.99. The third-order valence-electron chi connectivity index (χ3n) is 7.02. The summed E-state index contributed by atoms with van der Waals surface area (Å²) in [6, 6.07) is 0. The van der Waals surface area contributed by atoms with Crippen LogP contribution in [-0.2, 0) is 19.1 Å². The second-order valence-corrected chi connectivity index (χ2v) is 11.0. The highest BCUT2D eigenvalue weighted by molar-refractivity contribution is 5.70. The van der Waals surface area contributed by atoms with Gasteiger partial charge in [0.1, 0.15) is 6.61 Å². The maximum Gasteiger partial charge on any atom is 0.306 e. The van der Waals surface area contributed by atoms with Crippen LogP contribution in [0.2, 0.25) is 0 Å². The molecule has 0 bridgehead atoms. The molecule has 0 rings (SSSR count). The number of carbonyl (C=O) groups is 2. The van der Waals surface area contributed by atoms with Gasteiger partial charge in [-0.2, -0.15) is 0 Å². The van der Waals surface area contributed by atoms with E-state index in [-0.39, 0.29) is 37.7 Å². The van der Waals surface area contributed by atoms with Gasteiger partial charge in [0.05, 0.1) is 12.7 Å². The summed E-state index contributed by atoms with van der Waals surface area (Å²) >= 11 is 0. The Bertz CT molecular complexity index is 795. The van der Waals surface area contributed by atoms with Crippen LogP contribution in [0.5, 0.6) is 0 Å². The molecule has 0 aromatic carbocycles. The Labute approximate surface area is 256 Å². The summed E-state index contributed by atoms with van der Waals surface area (Å²) in [4.78, 5) is 24.0. The van der Waals surface area contributed by atoms with Gasteiger partial charge in [0.25, 0.3) is 0 Å². The Morgan fingerprint density at radius 2 is 1.31 bits per heavy atom. The molecule has 0 amide bonds. The van der Waals surface area contributed by atoms with E-state index in [1.54, 1.807) is 6.08 Å². The third-order valence-corrected chi connectivity index (χ3v) is 7.02. The Balaban J connectivity index is 3.78. The summed E-state index contributed by atoms with van der Waals surface area (Å²) in [5, 5.41) is 18.9. The number of aliphatic hydroxyl groups is 2. The van der Waals surface area contributed by atoms with Crippen LogP contribution in [-0.4, -0.2) is 47.6 Å². The highest BCUT2D eigenvalue weighted by Crippen LogP contribution is 2.15. The highest BCUT2D eigenvalue weighted by Gasteiger charge is 2.16. The lowest BCUT2D eigenvalue weighted by atomic mass is 10.00. The number of unbranched alkanes of at least 4 members (excludes halogenated alkanes) is 6. The fraction of sp³-hybridized carbons (Fsp3) is 0.667. The van der Waals surface area contributed by atoms with Crippen LogP contribution in [0.1, 0.15) is 124 Å². The normalized spacial score (nSPS) is 14.5. The van der Waals surface area contributed by atoms with E-state index in [9.17, 15) is 19.8 Å². The predicted molar refractivity (Wildman–Crippen MR) is 174 cm³/mol. The summed E-state index contributed by atoms with van der Waals surface area (Å²) in [6.07, 6.45) is 33.8. The number of esters is 2. The second kappa shape index (κ2) is 30.0. The van der Waals surface area contributed by atoms with Crippen molar-refractivity contribution in [1.29, 1.82) is 0 Å². The van der Waals surface area contributed by atoms with Crippen LogP contribution in [0.25, 0.3) is 0 Å². The Kier molecular flexibility index (Phi) is 28.3. The van der Waals surface area contributed by atoms with Crippen molar-refractivity contribution >= 4 is 11.9 Å². The zero-order valence-corrected chi connectivity index (χ0v) is 26.8. The molecule has 3 atom stereocenters. The van der Waals surface area contributed by atoms with Crippen molar-refractivity contribution in [3.05, 3.63) is 60.8 Å². The number of rotatable bonds is 27. The minimum absolute atomic E-state index is 0.108. The zero-order chi connectivity index (χ0) is 31.1. The van der Waals surface area contributed by atoms with E-state index < -0.39 is 6.10 Å². The lowest BCUT2D eigenvalue weighted by Crippen LogP contribution is -2.28. The van der Waals surface area contributed by atoms with Crippen LogP contribution in [0.15, 0.2) is 60.8 Å². The van der Waals surface area contributed by atoms with Gasteiger partial charge in [-0.25, -0.2) is 0 Å². The molecule has 2 N–H and O–H groups in total. The molecule has 42 heavy (non-hydrogen) atoms. The first kappa shape index (κ1) is 39.6. The molecule has 0 aliphatic rings. The molecule has 0 radical (unpaired) electrons. The smallest absolute Gasteiger partial charge is 0.306 e. The van der Waals surface area contributed by atoms with E-state index in [1.165, 1.54) is 32.1 Å². The molecule has 6 nitrogen and oxygen atoms in total. The number of hydrogen-bond acceptors (Lipinski definition) is 6. The Hall–Kier alpha value is -2.44. The van der Waals surface area contributed by atoms with Crippen molar-refractivity contribution in [3.8, 4) is 0 Å². The molecule has 0 aromatic rings. The minimum atomic E-state index is -0.803. The van der Waals surface area contributed by atoms with Crippen LogP contribution in [0.4, 0.5) is 0 Å². The molecule has 0 heterocycles. The van der Waals surface area contributed by atoms with Crippen molar-refractivity contribution < 1.29 is 29.3 Å². The van der Waals surface area contributed by atoms with Crippen LogP contribution in [0, 0.1) is 5.92 Å². The fourth-order valence-corrected chi connectivity index (χ4v) is 3.98. The van der Waals surface area contributed by atoms with Gasteiger partial charge in [-0.15, -0.1) is 0 Å². The molecule has 240 valence electrons. The summed E-state index contributed by atoms with van der Waals surface area (Å²) in [5.41, 5.74) is 0. The van der Waals surface area contributed by atoms with Crippen molar-refractivity contribution in [2.24, 2.45) is 5.92 Å². The van der Waals surface area contributed by atoms with Crippen LogP contribution >= 0.6 is 0 Å². The largest absolute Gasteiger partial charge is 0.462 e. The van der Waals surface area contributed by atoms with Crippen LogP contribution in [0.3, 0.4) is 0 Å². The summed E-state index contributed by atoms with van der Waals surface area (Å²) in [7, 11) is 0. The van der Waals surface area contributed by atoms with Crippen LogP contribution < -0.4 is 0 Å². The van der Waals surface area contributed by atoms with Gasteiger partial charge in [0.15, 0.2) is 6.10 Å². The van der Waals surface area contributed by atoms with E-state index >= 15 is 0 Å². The quantitative estimate of drug-likeness (QED) is 0.0433. The highest BCUT2D eigenvalue weighted by atomic mass is 16.6. The maximum atomic E-state index is 12.1. The molecule has 0 aliphatic heterocycles. The molecule has 0 spiro atoms. The second-order valence-electron chi connectivity index (χ2n) is 11.0. The molecule has 0 fully saturated rings. The number of aliphatic hydroxyl groups excluding tert-OH is 2. The topological polar surface area (TPSA) is 93.1 Å². The SMILES string of the molecule is CCC(C)CCCCCCCCC(=O)O[C@@H](CO)COC(=O)CCC/C=C\C/C=C\C/C=C\C/C=C\C=C\[C@@H](O)CC. The van der Waals surface area contributed by atoms with Gasteiger partial charge >= 0.3 is 11.9 Å². The Morgan fingerprint density at radius 3 is 1.95 bits per heavy atom. The molecular weight excluding hydrogens is 528 g/mol. The summed E-state index contributed by atoms with van der Waals surface area (Å²) in [5.74, 6) is 0.123. The molecular formula is C36H60O6. The fourth-order valence-electron chi connectivity index (χ4n) is 3.98. The van der Waals surface area contributed by atoms with Gasteiger partial charge in [-0.1, -0.05) is 126 Å². The van der Waals surface area contributed by atoms with E-state index in [1.807, 2.05) is 19.1 Å². The van der Waals surface area contributed by atoms with Crippen molar-refractivity contribution in [3.63, 3.8) is 0 Å². The number of ether oxygens (including phenoxy) is 2. The lowest BCUT2D eigenvalue weighted by Gasteiger charge is -2.15. The lowest BCUT2D eigenvalue weighted by molar-refractivity contribution is -0.161. The first-order valence-electron chi connectivity index (χ1n) is 16.3. The van der Waals surface area contributed by atoms with Gasteiger partial charge in [0, 0.05) is 12.8 Å². The van der Waals surface area contributed by atoms with E-state index in [2.05, 4.69) is 56.4 Å². The van der Waals surface area contributed by atoms with Gasteiger partial charge in [0.2, 0.25) is 0 Å². The summed E-state index contributed by atoms with van der Waals surface area (Å²) < 4.78 is 10.5. The zero-order valence-electron chi connectivity index (χ0n) is 26.8. The molecule has 6 heteroatoms. The van der Waals surface area contributed by atoms with Crippen molar-refractivity contribution in [2.75, 3.05) is 13.2 Å². The van der Waals surface area contributed by atoms with E-state index in [0.29, 0.717) is 12.8 Å². The Morgan fingerprint density at radius 1 is 0.714 bits per heavy atom.